The van der Waals surface area contributed by atoms with Gasteiger partial charge in [0.05, 0.1) is 18.6 Å². The Morgan fingerprint density at radius 2 is 1.96 bits per heavy atom. The van der Waals surface area contributed by atoms with Crippen LogP contribution in [-0.4, -0.2) is 41.1 Å². The summed E-state index contributed by atoms with van der Waals surface area (Å²) in [6.45, 7) is 3.32. The minimum absolute atomic E-state index is 0.0274. The van der Waals surface area contributed by atoms with Crippen molar-refractivity contribution in [2.75, 3.05) is 20.2 Å². The Hall–Kier alpha value is -3.15. The Kier molecular flexibility index (Phi) is 5.10. The van der Waals surface area contributed by atoms with E-state index in [4.69, 9.17) is 9.26 Å². The Morgan fingerprint density at radius 1 is 1.18 bits per heavy atom. The molecule has 1 aliphatic rings. The number of likely N-dealkylation sites (tertiary alicyclic amines) is 1. The van der Waals surface area contributed by atoms with Crippen LogP contribution in [0.15, 0.2) is 53.1 Å². The standard InChI is InChI=1S/C22H23N3O3/c1-15-9-11-16(12-10-15)20-23-21(28-24-20)17-6-5-13-25(14-17)22(26)18-7-3-4-8-19(18)27-2/h3-4,7-12,17H,5-6,13-14H2,1-2H3. The molecule has 1 unspecified atom stereocenters. The van der Waals surface area contributed by atoms with Crippen LogP contribution in [0, 0.1) is 6.92 Å². The molecule has 2 aromatic carbocycles. The Morgan fingerprint density at radius 3 is 2.75 bits per heavy atom. The number of para-hydroxylation sites is 1. The van der Waals surface area contributed by atoms with Crippen molar-refractivity contribution in [2.24, 2.45) is 0 Å². The highest BCUT2D eigenvalue weighted by Crippen LogP contribution is 2.29. The SMILES string of the molecule is COc1ccccc1C(=O)N1CCCC(c2nc(-c3ccc(C)cc3)no2)C1. The Balaban J connectivity index is 1.51. The summed E-state index contributed by atoms with van der Waals surface area (Å²) in [5.41, 5.74) is 2.69. The van der Waals surface area contributed by atoms with E-state index in [9.17, 15) is 4.79 Å². The molecular weight excluding hydrogens is 354 g/mol. The molecule has 1 saturated heterocycles. The first kappa shape index (κ1) is 18.2. The average Bonchev–Trinajstić information content (AvgIpc) is 3.24. The van der Waals surface area contributed by atoms with Crippen LogP contribution in [0.25, 0.3) is 11.4 Å². The number of aryl methyl sites for hydroxylation is 1. The first-order valence-corrected chi connectivity index (χ1v) is 9.48. The van der Waals surface area contributed by atoms with Gasteiger partial charge in [-0.05, 0) is 31.9 Å². The predicted molar refractivity (Wildman–Crippen MR) is 105 cm³/mol. The number of amides is 1. The van der Waals surface area contributed by atoms with Crippen LogP contribution in [0.3, 0.4) is 0 Å². The summed E-state index contributed by atoms with van der Waals surface area (Å²) in [6, 6.07) is 15.3. The van der Waals surface area contributed by atoms with E-state index in [0.29, 0.717) is 36.1 Å². The highest BCUT2D eigenvalue weighted by atomic mass is 16.5. The normalized spacial score (nSPS) is 16.8. The fourth-order valence-corrected chi connectivity index (χ4v) is 3.58. The monoisotopic (exact) mass is 377 g/mol. The number of aromatic nitrogens is 2. The van der Waals surface area contributed by atoms with Crippen LogP contribution in [0.4, 0.5) is 0 Å². The van der Waals surface area contributed by atoms with Gasteiger partial charge in [0.25, 0.3) is 5.91 Å². The van der Waals surface area contributed by atoms with Crippen LogP contribution in [0.2, 0.25) is 0 Å². The molecule has 0 bridgehead atoms. The molecule has 2 heterocycles. The molecule has 6 heteroatoms. The summed E-state index contributed by atoms with van der Waals surface area (Å²) in [7, 11) is 1.58. The topological polar surface area (TPSA) is 68.5 Å². The van der Waals surface area contributed by atoms with Gasteiger partial charge in [-0.25, -0.2) is 0 Å². The van der Waals surface area contributed by atoms with E-state index in [1.807, 2.05) is 48.2 Å². The van der Waals surface area contributed by atoms with Gasteiger partial charge in [-0.2, -0.15) is 4.98 Å². The number of piperidine rings is 1. The lowest BCUT2D eigenvalue weighted by Crippen LogP contribution is -2.39. The molecule has 1 aromatic heterocycles. The third-order valence-electron chi connectivity index (χ3n) is 5.15. The summed E-state index contributed by atoms with van der Waals surface area (Å²) in [5, 5.41) is 4.14. The molecule has 0 saturated carbocycles. The summed E-state index contributed by atoms with van der Waals surface area (Å²) in [6.07, 6.45) is 1.82. The maximum Gasteiger partial charge on any atom is 0.257 e. The molecule has 0 N–H and O–H groups in total. The first-order valence-electron chi connectivity index (χ1n) is 9.48. The predicted octanol–water partition coefficient (Wildman–Crippen LogP) is 4.07. The van der Waals surface area contributed by atoms with Crippen molar-refractivity contribution >= 4 is 5.91 Å². The van der Waals surface area contributed by atoms with Crippen molar-refractivity contribution in [1.29, 1.82) is 0 Å². The van der Waals surface area contributed by atoms with E-state index in [1.54, 1.807) is 19.2 Å². The second-order valence-electron chi connectivity index (χ2n) is 7.11. The molecular formula is C22H23N3O3. The third-order valence-corrected chi connectivity index (χ3v) is 5.15. The maximum absolute atomic E-state index is 13.0. The number of methoxy groups -OCH3 is 1. The molecule has 0 radical (unpaired) electrons. The molecule has 0 spiro atoms. The van der Waals surface area contributed by atoms with Crippen molar-refractivity contribution in [3.63, 3.8) is 0 Å². The highest BCUT2D eigenvalue weighted by Gasteiger charge is 2.30. The number of carbonyl (C=O) groups excluding carboxylic acids is 1. The van der Waals surface area contributed by atoms with Gasteiger partial charge in [0.15, 0.2) is 0 Å². The molecule has 1 aliphatic heterocycles. The van der Waals surface area contributed by atoms with Gasteiger partial charge in [0.2, 0.25) is 11.7 Å². The van der Waals surface area contributed by atoms with E-state index in [1.165, 1.54) is 5.56 Å². The molecule has 1 amide bonds. The highest BCUT2D eigenvalue weighted by molar-refractivity contribution is 5.97. The lowest BCUT2D eigenvalue weighted by Gasteiger charge is -2.31. The van der Waals surface area contributed by atoms with E-state index in [2.05, 4.69) is 10.1 Å². The smallest absolute Gasteiger partial charge is 0.257 e. The van der Waals surface area contributed by atoms with Crippen molar-refractivity contribution < 1.29 is 14.1 Å². The van der Waals surface area contributed by atoms with E-state index in [0.717, 1.165) is 18.4 Å². The Labute approximate surface area is 164 Å². The zero-order valence-electron chi connectivity index (χ0n) is 16.1. The molecule has 0 aliphatic carbocycles. The van der Waals surface area contributed by atoms with E-state index >= 15 is 0 Å². The molecule has 3 aromatic rings. The quantitative estimate of drug-likeness (QED) is 0.685. The number of hydrogen-bond donors (Lipinski definition) is 0. The minimum atomic E-state index is -0.0274. The van der Waals surface area contributed by atoms with Crippen LogP contribution >= 0.6 is 0 Å². The lowest BCUT2D eigenvalue weighted by atomic mass is 9.97. The second kappa shape index (κ2) is 7.84. The second-order valence-corrected chi connectivity index (χ2v) is 7.11. The summed E-state index contributed by atoms with van der Waals surface area (Å²) < 4.78 is 10.9. The average molecular weight is 377 g/mol. The number of carbonyl (C=O) groups is 1. The van der Waals surface area contributed by atoms with E-state index < -0.39 is 0 Å². The molecule has 4 rings (SSSR count). The molecule has 144 valence electrons. The van der Waals surface area contributed by atoms with E-state index in [-0.39, 0.29) is 11.8 Å². The largest absolute Gasteiger partial charge is 0.496 e. The van der Waals surface area contributed by atoms with Gasteiger partial charge in [0.1, 0.15) is 5.75 Å². The van der Waals surface area contributed by atoms with Crippen molar-refractivity contribution in [3.8, 4) is 17.1 Å². The van der Waals surface area contributed by atoms with Crippen LogP contribution < -0.4 is 4.74 Å². The summed E-state index contributed by atoms with van der Waals surface area (Å²) in [5.74, 6) is 1.78. The molecule has 6 nitrogen and oxygen atoms in total. The van der Waals surface area contributed by atoms with Gasteiger partial charge >= 0.3 is 0 Å². The van der Waals surface area contributed by atoms with Gasteiger partial charge in [0, 0.05) is 18.7 Å². The zero-order chi connectivity index (χ0) is 19.5. The van der Waals surface area contributed by atoms with Crippen LogP contribution in [-0.2, 0) is 0 Å². The van der Waals surface area contributed by atoms with Gasteiger partial charge < -0.3 is 14.2 Å². The minimum Gasteiger partial charge on any atom is -0.496 e. The lowest BCUT2D eigenvalue weighted by molar-refractivity contribution is 0.0692. The number of hydrogen-bond acceptors (Lipinski definition) is 5. The fraction of sp³-hybridized carbons (Fsp3) is 0.318. The number of ether oxygens (including phenoxy) is 1. The molecule has 28 heavy (non-hydrogen) atoms. The van der Waals surface area contributed by atoms with Gasteiger partial charge in [-0.1, -0.05) is 47.1 Å². The Bertz CT molecular complexity index is 965. The summed E-state index contributed by atoms with van der Waals surface area (Å²) in [4.78, 5) is 19.4. The first-order chi connectivity index (χ1) is 13.7. The third kappa shape index (κ3) is 3.63. The van der Waals surface area contributed by atoms with Gasteiger partial charge in [-0.3, -0.25) is 4.79 Å². The number of rotatable bonds is 4. The molecule has 1 fully saturated rings. The number of benzene rings is 2. The zero-order valence-corrected chi connectivity index (χ0v) is 16.1. The van der Waals surface area contributed by atoms with Gasteiger partial charge in [-0.15, -0.1) is 0 Å². The van der Waals surface area contributed by atoms with Crippen molar-refractivity contribution in [2.45, 2.75) is 25.7 Å². The van der Waals surface area contributed by atoms with Crippen molar-refractivity contribution in [1.82, 2.24) is 15.0 Å². The number of nitrogens with zero attached hydrogens (tertiary/aromatic N) is 3. The summed E-state index contributed by atoms with van der Waals surface area (Å²) >= 11 is 0. The maximum atomic E-state index is 13.0. The fourth-order valence-electron chi connectivity index (χ4n) is 3.58. The molecule has 1 atom stereocenters. The van der Waals surface area contributed by atoms with Crippen LogP contribution in [0.1, 0.15) is 40.6 Å². The van der Waals surface area contributed by atoms with Crippen LogP contribution in [0.5, 0.6) is 5.75 Å². The van der Waals surface area contributed by atoms with Crippen molar-refractivity contribution in [3.05, 3.63) is 65.5 Å².